The van der Waals surface area contributed by atoms with Crippen molar-refractivity contribution >= 4 is 5.91 Å². The average molecular weight is 238 g/mol. The van der Waals surface area contributed by atoms with Gasteiger partial charge >= 0.3 is 0 Å². The highest BCUT2D eigenvalue weighted by Crippen LogP contribution is 2.31. The Kier molecular flexibility index (Phi) is 4.08. The van der Waals surface area contributed by atoms with Gasteiger partial charge in [0.25, 0.3) is 0 Å². The van der Waals surface area contributed by atoms with E-state index in [1.807, 2.05) is 0 Å². The maximum absolute atomic E-state index is 12.0. The first kappa shape index (κ1) is 12.9. The second-order valence-electron chi connectivity index (χ2n) is 6.15. The first-order valence-corrected chi connectivity index (χ1v) is 7.17. The molecule has 1 amide bonds. The van der Waals surface area contributed by atoms with E-state index in [2.05, 4.69) is 12.2 Å². The molecule has 0 aromatic rings. The molecular formula is C14H26N2O. The zero-order valence-corrected chi connectivity index (χ0v) is 11.0. The molecule has 17 heavy (non-hydrogen) atoms. The summed E-state index contributed by atoms with van der Waals surface area (Å²) in [4.78, 5) is 12.0. The SMILES string of the molecule is CC(NC(=O)CC1(N)CCCCC1)C1CCC1. The van der Waals surface area contributed by atoms with Crippen LogP contribution in [0.2, 0.25) is 0 Å². The second kappa shape index (κ2) is 5.38. The van der Waals surface area contributed by atoms with Gasteiger partial charge in [-0.2, -0.15) is 0 Å². The molecule has 2 aliphatic rings. The molecule has 0 saturated heterocycles. The van der Waals surface area contributed by atoms with E-state index in [4.69, 9.17) is 5.73 Å². The molecular weight excluding hydrogens is 212 g/mol. The Balaban J connectivity index is 1.75. The summed E-state index contributed by atoms with van der Waals surface area (Å²) in [6.07, 6.45) is 10.1. The lowest BCUT2D eigenvalue weighted by Crippen LogP contribution is -2.48. The van der Waals surface area contributed by atoms with Crippen LogP contribution in [0.1, 0.15) is 64.7 Å². The van der Waals surface area contributed by atoms with Gasteiger partial charge in [-0.25, -0.2) is 0 Å². The van der Waals surface area contributed by atoms with Crippen molar-refractivity contribution in [1.82, 2.24) is 5.32 Å². The van der Waals surface area contributed by atoms with Gasteiger partial charge in [-0.1, -0.05) is 25.7 Å². The molecule has 0 heterocycles. The molecule has 0 bridgehead atoms. The minimum Gasteiger partial charge on any atom is -0.353 e. The number of rotatable bonds is 4. The zero-order chi connectivity index (χ0) is 12.3. The van der Waals surface area contributed by atoms with Crippen molar-refractivity contribution in [2.24, 2.45) is 11.7 Å². The van der Waals surface area contributed by atoms with E-state index in [0.29, 0.717) is 18.4 Å². The summed E-state index contributed by atoms with van der Waals surface area (Å²) in [6.45, 7) is 2.13. The van der Waals surface area contributed by atoms with Crippen molar-refractivity contribution in [3.8, 4) is 0 Å². The van der Waals surface area contributed by atoms with E-state index in [1.54, 1.807) is 0 Å². The van der Waals surface area contributed by atoms with Crippen LogP contribution in [0.5, 0.6) is 0 Å². The van der Waals surface area contributed by atoms with Crippen molar-refractivity contribution in [1.29, 1.82) is 0 Å². The molecule has 2 saturated carbocycles. The minimum absolute atomic E-state index is 0.161. The zero-order valence-electron chi connectivity index (χ0n) is 11.0. The summed E-state index contributed by atoms with van der Waals surface area (Å²) in [6, 6.07) is 0.337. The highest BCUT2D eigenvalue weighted by molar-refractivity contribution is 5.77. The molecule has 2 aliphatic carbocycles. The van der Waals surface area contributed by atoms with E-state index >= 15 is 0 Å². The standard InChI is InChI=1S/C14H26N2O/c1-11(12-6-5-7-12)16-13(17)10-14(15)8-3-2-4-9-14/h11-12H,2-10,15H2,1H3,(H,16,17). The molecule has 0 aromatic carbocycles. The lowest BCUT2D eigenvalue weighted by Gasteiger charge is -2.35. The summed E-state index contributed by atoms with van der Waals surface area (Å²) in [5, 5.41) is 3.14. The Morgan fingerprint density at radius 2 is 1.94 bits per heavy atom. The molecule has 0 aliphatic heterocycles. The molecule has 3 nitrogen and oxygen atoms in total. The number of hydrogen-bond donors (Lipinski definition) is 2. The smallest absolute Gasteiger partial charge is 0.222 e. The van der Waals surface area contributed by atoms with Gasteiger partial charge in [0.15, 0.2) is 0 Å². The number of hydrogen-bond acceptors (Lipinski definition) is 2. The van der Waals surface area contributed by atoms with Gasteiger partial charge in [0.1, 0.15) is 0 Å². The minimum atomic E-state index is -0.221. The third-order valence-electron chi connectivity index (χ3n) is 4.61. The molecule has 98 valence electrons. The maximum Gasteiger partial charge on any atom is 0.222 e. The van der Waals surface area contributed by atoms with E-state index in [1.165, 1.54) is 38.5 Å². The monoisotopic (exact) mass is 238 g/mol. The van der Waals surface area contributed by atoms with Gasteiger partial charge < -0.3 is 11.1 Å². The molecule has 3 N–H and O–H groups in total. The Morgan fingerprint density at radius 3 is 2.47 bits per heavy atom. The molecule has 2 rings (SSSR count). The quantitative estimate of drug-likeness (QED) is 0.790. The molecule has 1 atom stereocenters. The van der Waals surface area contributed by atoms with Crippen molar-refractivity contribution in [2.75, 3.05) is 0 Å². The van der Waals surface area contributed by atoms with Crippen molar-refractivity contribution < 1.29 is 4.79 Å². The van der Waals surface area contributed by atoms with E-state index < -0.39 is 0 Å². The Hall–Kier alpha value is -0.570. The summed E-state index contributed by atoms with van der Waals surface area (Å²) >= 11 is 0. The van der Waals surface area contributed by atoms with Crippen molar-refractivity contribution in [3.05, 3.63) is 0 Å². The summed E-state index contributed by atoms with van der Waals surface area (Å²) in [5.41, 5.74) is 6.08. The number of carbonyl (C=O) groups is 1. The van der Waals surface area contributed by atoms with Crippen LogP contribution < -0.4 is 11.1 Å². The highest BCUT2D eigenvalue weighted by Gasteiger charge is 2.31. The van der Waals surface area contributed by atoms with Crippen LogP contribution in [0.15, 0.2) is 0 Å². The van der Waals surface area contributed by atoms with Gasteiger partial charge in [0.05, 0.1) is 0 Å². The summed E-state index contributed by atoms with van der Waals surface area (Å²) in [5.74, 6) is 0.868. The van der Waals surface area contributed by atoms with Gasteiger partial charge in [0, 0.05) is 18.0 Å². The third kappa shape index (κ3) is 3.44. The molecule has 1 unspecified atom stereocenters. The van der Waals surface area contributed by atoms with Gasteiger partial charge in [-0.05, 0) is 38.5 Å². The van der Waals surface area contributed by atoms with Crippen molar-refractivity contribution in [3.63, 3.8) is 0 Å². The second-order valence-corrected chi connectivity index (χ2v) is 6.15. The fourth-order valence-corrected chi connectivity index (χ4v) is 3.12. The fourth-order valence-electron chi connectivity index (χ4n) is 3.12. The molecule has 2 fully saturated rings. The normalized spacial score (nSPS) is 26.0. The molecule has 0 radical (unpaired) electrons. The maximum atomic E-state index is 12.0. The highest BCUT2D eigenvalue weighted by atomic mass is 16.1. The van der Waals surface area contributed by atoms with E-state index in [-0.39, 0.29) is 11.4 Å². The molecule has 3 heteroatoms. The van der Waals surface area contributed by atoms with Crippen LogP contribution in [0, 0.1) is 5.92 Å². The van der Waals surface area contributed by atoms with Crippen LogP contribution in [0.3, 0.4) is 0 Å². The number of nitrogens with one attached hydrogen (secondary N) is 1. The Morgan fingerprint density at radius 1 is 1.29 bits per heavy atom. The number of amides is 1. The molecule has 0 spiro atoms. The van der Waals surface area contributed by atoms with E-state index in [0.717, 1.165) is 12.8 Å². The first-order valence-electron chi connectivity index (χ1n) is 7.17. The van der Waals surface area contributed by atoms with Crippen molar-refractivity contribution in [2.45, 2.75) is 76.3 Å². The Labute approximate surface area is 105 Å². The summed E-state index contributed by atoms with van der Waals surface area (Å²) < 4.78 is 0. The van der Waals surface area contributed by atoms with Crippen LogP contribution in [-0.4, -0.2) is 17.5 Å². The van der Waals surface area contributed by atoms with Gasteiger partial charge in [0.2, 0.25) is 5.91 Å². The van der Waals surface area contributed by atoms with Crippen LogP contribution in [0.4, 0.5) is 0 Å². The van der Waals surface area contributed by atoms with Crippen LogP contribution in [0.25, 0.3) is 0 Å². The Bertz CT molecular complexity index is 267. The summed E-state index contributed by atoms with van der Waals surface area (Å²) in [7, 11) is 0. The average Bonchev–Trinajstić information content (AvgIpc) is 2.13. The fraction of sp³-hybridized carbons (Fsp3) is 0.929. The predicted octanol–water partition coefficient (Wildman–Crippen LogP) is 2.34. The third-order valence-corrected chi connectivity index (χ3v) is 4.61. The number of carbonyl (C=O) groups excluding carboxylic acids is 1. The van der Waals surface area contributed by atoms with E-state index in [9.17, 15) is 4.79 Å². The predicted molar refractivity (Wildman–Crippen MR) is 69.6 cm³/mol. The lowest BCUT2D eigenvalue weighted by atomic mass is 9.79. The van der Waals surface area contributed by atoms with Gasteiger partial charge in [-0.15, -0.1) is 0 Å². The first-order chi connectivity index (χ1) is 8.09. The topological polar surface area (TPSA) is 55.1 Å². The molecule has 0 aromatic heterocycles. The van der Waals surface area contributed by atoms with Gasteiger partial charge in [-0.3, -0.25) is 4.79 Å². The lowest BCUT2D eigenvalue weighted by molar-refractivity contribution is -0.123. The number of nitrogens with two attached hydrogens (primary N) is 1. The largest absolute Gasteiger partial charge is 0.353 e. The van der Waals surface area contributed by atoms with Crippen LogP contribution >= 0.6 is 0 Å². The van der Waals surface area contributed by atoms with Crippen LogP contribution in [-0.2, 0) is 4.79 Å².